The van der Waals surface area contributed by atoms with Crippen LogP contribution in [0.1, 0.15) is 67.2 Å². The third-order valence-corrected chi connectivity index (χ3v) is 4.92. The summed E-state index contributed by atoms with van der Waals surface area (Å²) in [6.45, 7) is 14.1. The zero-order valence-corrected chi connectivity index (χ0v) is 12.8. The second-order valence-electron chi connectivity index (χ2n) is 7.84. The van der Waals surface area contributed by atoms with E-state index in [2.05, 4.69) is 41.5 Å². The van der Waals surface area contributed by atoms with Crippen LogP contribution in [-0.4, -0.2) is 6.04 Å². The van der Waals surface area contributed by atoms with Crippen molar-refractivity contribution in [2.24, 2.45) is 34.8 Å². The van der Waals surface area contributed by atoms with E-state index < -0.39 is 0 Å². The molecular formula is C16H33N. The Bertz CT molecular complexity index is 218. The van der Waals surface area contributed by atoms with Crippen LogP contribution in [0.5, 0.6) is 0 Å². The summed E-state index contributed by atoms with van der Waals surface area (Å²) in [6.07, 6.45) is 5.29. The molecule has 1 nitrogen and oxygen atoms in total. The van der Waals surface area contributed by atoms with Crippen molar-refractivity contribution in [2.75, 3.05) is 0 Å². The van der Waals surface area contributed by atoms with Crippen molar-refractivity contribution in [2.45, 2.75) is 73.3 Å². The molecule has 0 aromatic heterocycles. The topological polar surface area (TPSA) is 26.0 Å². The second kappa shape index (κ2) is 5.73. The molecule has 1 fully saturated rings. The van der Waals surface area contributed by atoms with Crippen LogP contribution in [0.4, 0.5) is 0 Å². The number of hydrogen-bond acceptors (Lipinski definition) is 1. The summed E-state index contributed by atoms with van der Waals surface area (Å²) in [5.74, 6) is 3.23. The van der Waals surface area contributed by atoms with Crippen LogP contribution in [0.25, 0.3) is 0 Å². The summed E-state index contributed by atoms with van der Waals surface area (Å²) >= 11 is 0. The van der Waals surface area contributed by atoms with Crippen molar-refractivity contribution in [3.8, 4) is 0 Å². The van der Waals surface area contributed by atoms with Gasteiger partial charge in [-0.05, 0) is 54.8 Å². The first kappa shape index (κ1) is 15.0. The smallest absolute Gasteiger partial charge is 0.00700 e. The number of nitrogens with two attached hydrogens (primary N) is 1. The Morgan fingerprint density at radius 3 is 1.94 bits per heavy atom. The molecule has 0 amide bonds. The van der Waals surface area contributed by atoms with Gasteiger partial charge in [-0.25, -0.2) is 0 Å². The van der Waals surface area contributed by atoms with Gasteiger partial charge in [-0.2, -0.15) is 0 Å². The zero-order valence-electron chi connectivity index (χ0n) is 12.8. The van der Waals surface area contributed by atoms with E-state index >= 15 is 0 Å². The van der Waals surface area contributed by atoms with Crippen LogP contribution in [0.3, 0.4) is 0 Å². The van der Waals surface area contributed by atoms with Crippen LogP contribution >= 0.6 is 0 Å². The molecule has 0 radical (unpaired) electrons. The molecule has 0 saturated heterocycles. The average molecular weight is 239 g/mol. The molecule has 1 aliphatic rings. The summed E-state index contributed by atoms with van der Waals surface area (Å²) < 4.78 is 0. The summed E-state index contributed by atoms with van der Waals surface area (Å²) in [5, 5.41) is 0. The minimum Gasteiger partial charge on any atom is -0.327 e. The lowest BCUT2D eigenvalue weighted by atomic mass is 9.70. The molecule has 0 aliphatic heterocycles. The predicted molar refractivity (Wildman–Crippen MR) is 76.9 cm³/mol. The Balaban J connectivity index is 2.49. The van der Waals surface area contributed by atoms with E-state index in [4.69, 9.17) is 5.73 Å². The van der Waals surface area contributed by atoms with Gasteiger partial charge < -0.3 is 5.73 Å². The number of rotatable bonds is 3. The molecule has 4 atom stereocenters. The molecule has 0 bridgehead atoms. The fourth-order valence-corrected chi connectivity index (χ4v) is 3.31. The van der Waals surface area contributed by atoms with Gasteiger partial charge >= 0.3 is 0 Å². The summed E-state index contributed by atoms with van der Waals surface area (Å²) in [4.78, 5) is 0. The predicted octanol–water partition coefficient (Wildman–Crippen LogP) is 4.46. The molecular weight excluding hydrogens is 206 g/mol. The average Bonchev–Trinajstić information content (AvgIpc) is 2.14. The lowest BCUT2D eigenvalue weighted by Gasteiger charge is -2.38. The van der Waals surface area contributed by atoms with Gasteiger partial charge in [-0.3, -0.25) is 0 Å². The van der Waals surface area contributed by atoms with Crippen LogP contribution in [-0.2, 0) is 0 Å². The first-order valence-electron chi connectivity index (χ1n) is 7.45. The third kappa shape index (κ3) is 4.62. The minimum absolute atomic E-state index is 0.392. The minimum atomic E-state index is 0.392. The van der Waals surface area contributed by atoms with Crippen molar-refractivity contribution in [3.05, 3.63) is 0 Å². The Morgan fingerprint density at radius 2 is 1.53 bits per heavy atom. The highest BCUT2D eigenvalue weighted by molar-refractivity contribution is 4.84. The van der Waals surface area contributed by atoms with E-state index in [1.54, 1.807) is 0 Å². The molecule has 102 valence electrons. The standard InChI is InChI=1S/C16H33N/c1-11-7-12(2)9-14(8-11)15(17)10-13(3)16(4,5)6/h11-15H,7-10,17H2,1-6H3. The Kier molecular flexibility index (Phi) is 5.07. The lowest BCUT2D eigenvalue weighted by Crippen LogP contribution is -2.38. The zero-order chi connectivity index (χ0) is 13.2. The molecule has 17 heavy (non-hydrogen) atoms. The highest BCUT2D eigenvalue weighted by Gasteiger charge is 2.30. The quantitative estimate of drug-likeness (QED) is 0.773. The van der Waals surface area contributed by atoms with Crippen LogP contribution in [0, 0.1) is 29.1 Å². The molecule has 0 spiro atoms. The summed E-state index contributed by atoms with van der Waals surface area (Å²) in [6, 6.07) is 0.412. The summed E-state index contributed by atoms with van der Waals surface area (Å²) in [5.41, 5.74) is 6.86. The van der Waals surface area contributed by atoms with Gasteiger partial charge in [0.05, 0.1) is 0 Å². The van der Waals surface area contributed by atoms with E-state index in [1.807, 2.05) is 0 Å². The van der Waals surface area contributed by atoms with Gasteiger partial charge in [0.25, 0.3) is 0 Å². The van der Waals surface area contributed by atoms with Crippen molar-refractivity contribution in [1.82, 2.24) is 0 Å². The van der Waals surface area contributed by atoms with Gasteiger partial charge in [-0.15, -0.1) is 0 Å². The molecule has 0 aromatic rings. The molecule has 1 saturated carbocycles. The van der Waals surface area contributed by atoms with Crippen molar-refractivity contribution in [3.63, 3.8) is 0 Å². The van der Waals surface area contributed by atoms with Gasteiger partial charge in [0.15, 0.2) is 0 Å². The maximum Gasteiger partial charge on any atom is 0.00700 e. The van der Waals surface area contributed by atoms with Crippen LogP contribution in [0.15, 0.2) is 0 Å². The molecule has 0 aromatic carbocycles. The fourth-order valence-electron chi connectivity index (χ4n) is 3.31. The lowest BCUT2D eigenvalue weighted by molar-refractivity contribution is 0.156. The first-order chi connectivity index (χ1) is 7.70. The van der Waals surface area contributed by atoms with Crippen molar-refractivity contribution in [1.29, 1.82) is 0 Å². The maximum atomic E-state index is 6.47. The second-order valence-corrected chi connectivity index (χ2v) is 7.84. The van der Waals surface area contributed by atoms with E-state index in [-0.39, 0.29) is 0 Å². The van der Waals surface area contributed by atoms with Gasteiger partial charge in [-0.1, -0.05) is 41.5 Å². The highest BCUT2D eigenvalue weighted by Crippen LogP contribution is 2.37. The van der Waals surface area contributed by atoms with E-state index in [0.717, 1.165) is 17.8 Å². The molecule has 1 heteroatoms. The van der Waals surface area contributed by atoms with Gasteiger partial charge in [0.2, 0.25) is 0 Å². The van der Waals surface area contributed by atoms with Gasteiger partial charge in [0.1, 0.15) is 0 Å². The first-order valence-corrected chi connectivity index (χ1v) is 7.45. The largest absolute Gasteiger partial charge is 0.327 e. The van der Waals surface area contributed by atoms with Gasteiger partial charge in [0, 0.05) is 6.04 Å². The Labute approximate surface area is 109 Å². The normalized spacial score (nSPS) is 34.4. The molecule has 2 N–H and O–H groups in total. The van der Waals surface area contributed by atoms with Crippen molar-refractivity contribution >= 4 is 0 Å². The molecule has 0 heterocycles. The number of hydrogen-bond donors (Lipinski definition) is 1. The SMILES string of the molecule is CC1CC(C)CC(C(N)CC(C)C(C)(C)C)C1. The van der Waals surface area contributed by atoms with Crippen LogP contribution in [0.2, 0.25) is 0 Å². The van der Waals surface area contributed by atoms with Crippen LogP contribution < -0.4 is 5.73 Å². The van der Waals surface area contributed by atoms with Crippen molar-refractivity contribution < 1.29 is 0 Å². The highest BCUT2D eigenvalue weighted by atomic mass is 14.7. The third-order valence-electron chi connectivity index (χ3n) is 4.92. The monoisotopic (exact) mass is 239 g/mol. The van der Waals surface area contributed by atoms with E-state index in [1.165, 1.54) is 25.7 Å². The summed E-state index contributed by atoms with van der Waals surface area (Å²) in [7, 11) is 0. The van der Waals surface area contributed by atoms with E-state index in [9.17, 15) is 0 Å². The molecule has 1 aliphatic carbocycles. The maximum absolute atomic E-state index is 6.47. The fraction of sp³-hybridized carbons (Fsp3) is 1.00. The van der Waals surface area contributed by atoms with E-state index in [0.29, 0.717) is 17.4 Å². The molecule has 1 rings (SSSR count). The Hall–Kier alpha value is -0.0400. The molecule has 4 unspecified atom stereocenters. The Morgan fingerprint density at radius 1 is 1.06 bits per heavy atom.